The van der Waals surface area contributed by atoms with Crippen molar-refractivity contribution in [1.82, 2.24) is 0 Å². The van der Waals surface area contributed by atoms with Gasteiger partial charge in [0.2, 0.25) is 5.52 Å². The SMILES string of the molecule is C.C.CN(C)c1ccc(/C=C/c2sc3ccccc3[n+]2CCC(=O)[O-])cc1. The molecule has 0 aliphatic carbocycles. The Morgan fingerprint density at radius 1 is 1.07 bits per heavy atom. The lowest BCUT2D eigenvalue weighted by Gasteiger charge is -2.11. The second-order valence-electron chi connectivity index (χ2n) is 6.00. The molecule has 0 N–H and O–H groups in total. The fourth-order valence-electron chi connectivity index (χ4n) is 2.66. The van der Waals surface area contributed by atoms with E-state index in [0.717, 1.165) is 26.5 Å². The number of anilines is 1. The van der Waals surface area contributed by atoms with E-state index in [9.17, 15) is 9.90 Å². The van der Waals surface area contributed by atoms with E-state index in [-0.39, 0.29) is 21.3 Å². The third-order valence-electron chi connectivity index (χ3n) is 4.00. The van der Waals surface area contributed by atoms with E-state index in [4.69, 9.17) is 0 Å². The van der Waals surface area contributed by atoms with Crippen molar-refractivity contribution in [3.63, 3.8) is 0 Å². The zero-order valence-corrected chi connectivity index (χ0v) is 15.1. The van der Waals surface area contributed by atoms with E-state index in [2.05, 4.69) is 41.3 Å². The Balaban J connectivity index is 0.00000182. The van der Waals surface area contributed by atoms with Crippen LogP contribution in [0.4, 0.5) is 5.69 Å². The van der Waals surface area contributed by atoms with E-state index >= 15 is 0 Å². The van der Waals surface area contributed by atoms with Crippen LogP contribution in [0.1, 0.15) is 31.8 Å². The maximum absolute atomic E-state index is 10.9. The summed E-state index contributed by atoms with van der Waals surface area (Å²) >= 11 is 1.66. The van der Waals surface area contributed by atoms with Gasteiger partial charge in [0.15, 0.2) is 6.54 Å². The number of carboxylic acids is 1. The summed E-state index contributed by atoms with van der Waals surface area (Å²) in [4.78, 5) is 12.9. The summed E-state index contributed by atoms with van der Waals surface area (Å²) in [7, 11) is 4.03. The smallest absolute Gasteiger partial charge is 0.262 e. The van der Waals surface area contributed by atoms with Crippen LogP contribution in [0.25, 0.3) is 22.4 Å². The number of aryl methyl sites for hydroxylation is 1. The Morgan fingerprint density at radius 3 is 2.37 bits per heavy atom. The predicted molar refractivity (Wildman–Crippen MR) is 115 cm³/mol. The van der Waals surface area contributed by atoms with Crippen molar-refractivity contribution >= 4 is 45.4 Å². The van der Waals surface area contributed by atoms with Crippen LogP contribution < -0.4 is 14.6 Å². The number of para-hydroxylation sites is 1. The van der Waals surface area contributed by atoms with Crippen LogP contribution in [-0.2, 0) is 11.3 Å². The van der Waals surface area contributed by atoms with Crippen LogP contribution in [0, 0.1) is 0 Å². The Labute approximate surface area is 166 Å². The number of carboxylic acid groups (broad SMARTS) is 1. The minimum atomic E-state index is -1.03. The molecule has 1 aromatic heterocycles. The predicted octanol–water partition coefficient (Wildman–Crippen LogP) is 3.84. The van der Waals surface area contributed by atoms with Gasteiger partial charge in [0.25, 0.3) is 5.01 Å². The maximum Gasteiger partial charge on any atom is 0.262 e. The molecule has 3 aromatic rings. The Kier molecular flexibility index (Phi) is 8.19. The van der Waals surface area contributed by atoms with Crippen molar-refractivity contribution in [1.29, 1.82) is 0 Å². The molecule has 27 heavy (non-hydrogen) atoms. The molecule has 0 spiro atoms. The molecule has 1 heterocycles. The van der Waals surface area contributed by atoms with Crippen molar-refractivity contribution in [3.05, 3.63) is 59.1 Å². The van der Waals surface area contributed by atoms with Gasteiger partial charge in [-0.25, -0.2) is 0 Å². The number of aliphatic carboxylic acids is 1. The van der Waals surface area contributed by atoms with Gasteiger partial charge >= 0.3 is 0 Å². The van der Waals surface area contributed by atoms with E-state index in [1.54, 1.807) is 11.3 Å². The van der Waals surface area contributed by atoms with Crippen LogP contribution in [0.2, 0.25) is 0 Å². The molecule has 0 aliphatic rings. The van der Waals surface area contributed by atoms with Crippen LogP contribution in [0.5, 0.6) is 0 Å². The molecule has 4 nitrogen and oxygen atoms in total. The zero-order chi connectivity index (χ0) is 17.8. The van der Waals surface area contributed by atoms with Crippen LogP contribution >= 0.6 is 11.3 Å². The van der Waals surface area contributed by atoms with Crippen LogP contribution in [-0.4, -0.2) is 20.1 Å². The highest BCUT2D eigenvalue weighted by Gasteiger charge is 2.17. The number of nitrogens with zero attached hydrogens (tertiary/aromatic N) is 2. The molecule has 0 radical (unpaired) electrons. The minimum Gasteiger partial charge on any atom is -0.550 e. The highest BCUT2D eigenvalue weighted by molar-refractivity contribution is 7.18. The molecule has 3 rings (SSSR count). The van der Waals surface area contributed by atoms with Gasteiger partial charge in [0.05, 0.1) is 0 Å². The number of rotatable bonds is 6. The van der Waals surface area contributed by atoms with Crippen molar-refractivity contribution in [2.24, 2.45) is 0 Å². The van der Waals surface area contributed by atoms with Gasteiger partial charge in [-0.15, -0.1) is 0 Å². The summed E-state index contributed by atoms with van der Waals surface area (Å²) < 4.78 is 3.18. The summed E-state index contributed by atoms with van der Waals surface area (Å²) in [6, 6.07) is 16.3. The van der Waals surface area contributed by atoms with E-state index < -0.39 is 5.97 Å². The first-order valence-electron chi connectivity index (χ1n) is 8.11. The van der Waals surface area contributed by atoms with E-state index in [1.807, 2.05) is 42.9 Å². The van der Waals surface area contributed by atoms with Gasteiger partial charge in [-0.2, -0.15) is 4.57 Å². The van der Waals surface area contributed by atoms with Gasteiger partial charge in [-0.3, -0.25) is 0 Å². The highest BCUT2D eigenvalue weighted by atomic mass is 32.1. The average Bonchev–Trinajstić information content (AvgIpc) is 2.96. The number of carbonyl (C=O) groups is 1. The van der Waals surface area contributed by atoms with Gasteiger partial charge < -0.3 is 14.8 Å². The van der Waals surface area contributed by atoms with Crippen molar-refractivity contribution in [3.8, 4) is 0 Å². The fourth-order valence-corrected chi connectivity index (χ4v) is 3.75. The number of benzene rings is 2. The molecule has 2 aromatic carbocycles. The quantitative estimate of drug-likeness (QED) is 0.607. The number of hydrogen-bond acceptors (Lipinski definition) is 4. The number of fused-ring (bicyclic) bond motifs is 1. The van der Waals surface area contributed by atoms with Crippen molar-refractivity contribution < 1.29 is 14.5 Å². The largest absolute Gasteiger partial charge is 0.550 e. The lowest BCUT2D eigenvalue weighted by atomic mass is 10.2. The van der Waals surface area contributed by atoms with Crippen molar-refractivity contribution in [2.45, 2.75) is 27.8 Å². The molecule has 0 saturated carbocycles. The molecular weight excluding hydrogens is 356 g/mol. The second-order valence-corrected chi connectivity index (χ2v) is 7.06. The van der Waals surface area contributed by atoms with Gasteiger partial charge in [-0.05, 0) is 29.8 Å². The van der Waals surface area contributed by atoms with Crippen LogP contribution in [0.15, 0.2) is 48.5 Å². The Morgan fingerprint density at radius 2 is 1.74 bits per heavy atom. The summed E-state index contributed by atoms with van der Waals surface area (Å²) in [5.41, 5.74) is 3.31. The molecule has 0 unspecified atom stereocenters. The standard InChI is InChI=1S/C20H20N2O2S.2CH4/c1-21(2)16-10-7-15(8-11-16)9-12-19-22(14-13-20(23)24)17-5-3-4-6-18(17)25-19;;/h3-12H,13-14H2,1-2H3;2*1H4. The van der Waals surface area contributed by atoms with Gasteiger partial charge in [0, 0.05) is 44.3 Å². The van der Waals surface area contributed by atoms with Crippen molar-refractivity contribution in [2.75, 3.05) is 19.0 Å². The molecule has 0 bridgehead atoms. The molecule has 0 saturated heterocycles. The summed E-state index contributed by atoms with van der Waals surface area (Å²) in [6.45, 7) is 0.408. The van der Waals surface area contributed by atoms with Crippen LogP contribution in [0.3, 0.4) is 0 Å². The lowest BCUT2D eigenvalue weighted by Crippen LogP contribution is -2.38. The summed E-state index contributed by atoms with van der Waals surface area (Å²) in [5, 5.41) is 11.9. The number of hydrogen-bond donors (Lipinski definition) is 0. The highest BCUT2D eigenvalue weighted by Crippen LogP contribution is 2.22. The summed E-state index contributed by atoms with van der Waals surface area (Å²) in [6.07, 6.45) is 4.11. The second kappa shape index (κ2) is 9.88. The average molecular weight is 385 g/mol. The Hall–Kier alpha value is -2.66. The first-order chi connectivity index (χ1) is 12.0. The number of thiazole rings is 1. The first kappa shape index (κ1) is 22.4. The molecular formula is C22H28N2O2S. The van der Waals surface area contributed by atoms with Gasteiger partial charge in [0.1, 0.15) is 4.70 Å². The summed E-state index contributed by atoms with van der Waals surface area (Å²) in [5.74, 6) is -1.03. The monoisotopic (exact) mass is 384 g/mol. The Bertz CT molecular complexity index is 912. The molecule has 144 valence electrons. The first-order valence-corrected chi connectivity index (χ1v) is 8.93. The molecule has 0 fully saturated rings. The normalized spacial score (nSPS) is 10.4. The lowest BCUT2D eigenvalue weighted by molar-refractivity contribution is -0.668. The maximum atomic E-state index is 10.9. The number of carbonyl (C=O) groups excluding carboxylic acids is 1. The zero-order valence-electron chi connectivity index (χ0n) is 14.3. The third-order valence-corrected chi connectivity index (χ3v) is 5.13. The third kappa shape index (κ3) is 5.41. The molecule has 5 heteroatoms. The van der Waals surface area contributed by atoms with Gasteiger partial charge in [-0.1, -0.05) is 50.5 Å². The number of aromatic nitrogens is 1. The molecule has 0 atom stereocenters. The molecule has 0 aliphatic heterocycles. The minimum absolute atomic E-state index is 0. The van der Waals surface area contributed by atoms with E-state index in [0.29, 0.717) is 6.54 Å². The fraction of sp³-hybridized carbons (Fsp3) is 0.273. The van der Waals surface area contributed by atoms with E-state index in [1.165, 1.54) is 0 Å². The topological polar surface area (TPSA) is 47.2 Å². The molecule has 0 amide bonds.